The van der Waals surface area contributed by atoms with Crippen LogP contribution in [-0.2, 0) is 13.6 Å². The molecule has 0 aromatic heterocycles. The predicted molar refractivity (Wildman–Crippen MR) is 135 cm³/mol. The van der Waals surface area contributed by atoms with Crippen molar-refractivity contribution in [2.45, 2.75) is 138 Å². The van der Waals surface area contributed by atoms with E-state index in [9.17, 15) is 9.46 Å². The average molecular weight is 513 g/mol. The van der Waals surface area contributed by atoms with Gasteiger partial charge in [0.05, 0.1) is 0 Å². The van der Waals surface area contributed by atoms with Crippen LogP contribution in [0.15, 0.2) is 0 Å². The molecule has 0 aliphatic rings. The summed E-state index contributed by atoms with van der Waals surface area (Å²) in [6.07, 6.45) is 22.6. The van der Waals surface area contributed by atoms with Crippen LogP contribution in [0.2, 0.25) is 22.3 Å². The molecule has 0 saturated carbocycles. The number of hydrogen-bond donors (Lipinski definition) is 1. The summed E-state index contributed by atoms with van der Waals surface area (Å²) in [5.41, 5.74) is 6.80. The first-order chi connectivity index (χ1) is 14.3. The Labute approximate surface area is 191 Å². The minimum atomic E-state index is -3.84. The Balaban J connectivity index is 3.26. The average Bonchev–Trinajstić information content (AvgIpc) is 2.65. The van der Waals surface area contributed by atoms with Crippen LogP contribution in [0.5, 0.6) is 0 Å². The van der Waals surface area contributed by atoms with E-state index in [0.717, 1.165) is 18.1 Å². The molecule has 0 saturated heterocycles. The Kier molecular flexibility index (Phi) is 20.7. The van der Waals surface area contributed by atoms with Crippen LogP contribution in [0.25, 0.3) is 0 Å². The molecular formula is C24H54AsO4P. The number of phosphoric acid groups is 1. The van der Waals surface area contributed by atoms with Crippen LogP contribution in [0.4, 0.5) is 0 Å². The Morgan fingerprint density at radius 3 is 1.30 bits per heavy atom. The second-order valence-electron chi connectivity index (χ2n) is 10.1. The summed E-state index contributed by atoms with van der Waals surface area (Å²) in [5.74, 6) is 0. The van der Waals surface area contributed by atoms with Crippen LogP contribution in [0.3, 0.4) is 0 Å². The van der Waals surface area contributed by atoms with Gasteiger partial charge in [-0.2, -0.15) is 0 Å². The van der Waals surface area contributed by atoms with Crippen molar-refractivity contribution in [2.75, 3.05) is 13.2 Å². The summed E-state index contributed by atoms with van der Waals surface area (Å²) < 4.78 is 22.0. The molecule has 0 heterocycles. The second-order valence-corrected chi connectivity index (χ2v) is 23.3. The third-order valence-corrected chi connectivity index (χ3v) is 10.2. The maximum atomic E-state index is 11.8. The van der Waals surface area contributed by atoms with E-state index in [4.69, 9.17) is 9.05 Å². The molecule has 0 radical (unpaired) electrons. The van der Waals surface area contributed by atoms with E-state index in [1.807, 2.05) is 0 Å². The minimum absolute atomic E-state index is 0.323. The van der Waals surface area contributed by atoms with Gasteiger partial charge in [0.15, 0.2) is 0 Å². The molecule has 184 valence electrons. The van der Waals surface area contributed by atoms with Crippen molar-refractivity contribution in [3.8, 4) is 0 Å². The van der Waals surface area contributed by atoms with E-state index < -0.39 is 21.4 Å². The van der Waals surface area contributed by atoms with Gasteiger partial charge in [0, 0.05) is 0 Å². The molecular weight excluding hydrogens is 458 g/mol. The molecule has 1 atom stereocenters. The Hall–Kier alpha value is 0.668. The number of rotatable bonds is 23. The molecule has 0 aliphatic heterocycles. The van der Waals surface area contributed by atoms with E-state index in [2.05, 4.69) is 24.1 Å². The zero-order valence-corrected chi connectivity index (χ0v) is 23.8. The number of phosphoric ester groups is 1. The van der Waals surface area contributed by atoms with Crippen molar-refractivity contribution >= 4 is 21.4 Å². The molecule has 1 unspecified atom stereocenters. The van der Waals surface area contributed by atoms with Gasteiger partial charge in [0.1, 0.15) is 0 Å². The van der Waals surface area contributed by atoms with Crippen molar-refractivity contribution < 1.29 is 18.5 Å². The normalized spacial score (nSPS) is 14.7. The molecule has 0 fully saturated rings. The van der Waals surface area contributed by atoms with Crippen molar-refractivity contribution in [3.63, 3.8) is 0 Å². The molecule has 0 aromatic rings. The first-order valence-corrected chi connectivity index (χ1v) is 22.2. The van der Waals surface area contributed by atoms with Crippen LogP contribution >= 0.6 is 7.82 Å². The summed E-state index contributed by atoms with van der Waals surface area (Å²) in [4.78, 5) is 9.68. The summed E-state index contributed by atoms with van der Waals surface area (Å²) in [6, 6.07) is 0. The third kappa shape index (κ3) is 24.9. The molecule has 6 heteroatoms. The summed E-state index contributed by atoms with van der Waals surface area (Å²) in [6.45, 7) is 2.94. The number of hydrogen-bond acceptors (Lipinski definition) is 3. The first kappa shape index (κ1) is 30.7. The van der Waals surface area contributed by atoms with E-state index in [1.165, 1.54) is 96.3 Å². The van der Waals surface area contributed by atoms with E-state index >= 15 is 0 Å². The quantitative estimate of drug-likeness (QED) is 0.0844. The van der Waals surface area contributed by atoms with Gasteiger partial charge >= 0.3 is 114 Å². The molecule has 0 aromatic carbocycles. The van der Waals surface area contributed by atoms with Gasteiger partial charge in [-0.3, -0.25) is 0 Å². The molecule has 0 rings (SSSR count). The summed E-state index contributed by atoms with van der Waals surface area (Å²) in [5, 5.41) is 0.924. The first-order valence-electron chi connectivity index (χ1n) is 12.9. The van der Waals surface area contributed by atoms with Crippen molar-refractivity contribution in [2.24, 2.45) is 0 Å². The molecule has 30 heavy (non-hydrogen) atoms. The third-order valence-electron chi connectivity index (χ3n) is 5.61. The fourth-order valence-electron chi connectivity index (χ4n) is 3.51. The molecule has 0 bridgehead atoms. The Morgan fingerprint density at radius 2 is 0.933 bits per heavy atom. The molecule has 4 nitrogen and oxygen atoms in total. The van der Waals surface area contributed by atoms with Gasteiger partial charge in [0.2, 0.25) is 0 Å². The fourth-order valence-corrected chi connectivity index (χ4v) is 6.13. The summed E-state index contributed by atoms with van der Waals surface area (Å²) >= 11 is -1.72. The monoisotopic (exact) mass is 512 g/mol. The Bertz CT molecular complexity index is 413. The van der Waals surface area contributed by atoms with Gasteiger partial charge in [-0.15, -0.1) is 0 Å². The van der Waals surface area contributed by atoms with Crippen LogP contribution in [-0.4, -0.2) is 31.7 Å². The van der Waals surface area contributed by atoms with E-state index in [0.29, 0.717) is 13.2 Å². The zero-order chi connectivity index (χ0) is 22.6. The van der Waals surface area contributed by atoms with Gasteiger partial charge in [-0.1, -0.05) is 77.6 Å². The standard InChI is InChI=1S/C24H54AsO4P/c1-5-6-7-8-9-10-11-12-13-14-15-16-17-18-19-20-21-23-28-30(26,27)29-24-22-25(2,3)4/h25H,5-24H2,1-4H3,(H,26,27). The Morgan fingerprint density at radius 1 is 0.600 bits per heavy atom. The van der Waals surface area contributed by atoms with Gasteiger partial charge in [-0.05, 0) is 0 Å². The molecule has 0 amide bonds. The van der Waals surface area contributed by atoms with Crippen LogP contribution in [0, 0.1) is 0 Å². The molecule has 0 aliphatic carbocycles. The SMILES string of the molecule is CCCCCCCCCCCCCCCCCCCOP(=O)(O)OCC[AsH](C)(C)C. The van der Waals surface area contributed by atoms with Crippen molar-refractivity contribution in [1.29, 1.82) is 0 Å². The van der Waals surface area contributed by atoms with Crippen LogP contribution in [0.1, 0.15) is 116 Å². The van der Waals surface area contributed by atoms with Crippen molar-refractivity contribution in [3.05, 3.63) is 0 Å². The molecule has 0 spiro atoms. The predicted octanol–water partition coefficient (Wildman–Crippen LogP) is 8.84. The van der Waals surface area contributed by atoms with Crippen molar-refractivity contribution in [1.82, 2.24) is 0 Å². The van der Waals surface area contributed by atoms with E-state index in [1.54, 1.807) is 0 Å². The number of unbranched alkanes of at least 4 members (excludes halogenated alkanes) is 16. The van der Waals surface area contributed by atoms with E-state index in [-0.39, 0.29) is 0 Å². The summed E-state index contributed by atoms with van der Waals surface area (Å²) in [7, 11) is -3.84. The van der Waals surface area contributed by atoms with Gasteiger partial charge < -0.3 is 0 Å². The van der Waals surface area contributed by atoms with Gasteiger partial charge in [0.25, 0.3) is 0 Å². The molecule has 1 N–H and O–H groups in total. The zero-order valence-electron chi connectivity index (χ0n) is 20.8. The maximum absolute atomic E-state index is 11.8. The fraction of sp³-hybridized carbons (Fsp3) is 1.00. The van der Waals surface area contributed by atoms with Gasteiger partial charge in [-0.25, -0.2) is 0 Å². The topological polar surface area (TPSA) is 55.8 Å². The van der Waals surface area contributed by atoms with Crippen LogP contribution < -0.4 is 0 Å². The second kappa shape index (κ2) is 20.3.